The Kier molecular flexibility index (Phi) is 3.85. The molecule has 0 radical (unpaired) electrons. The summed E-state index contributed by atoms with van der Waals surface area (Å²) in [4.78, 5) is 15.6. The lowest BCUT2D eigenvalue weighted by molar-refractivity contribution is 0.734. The van der Waals surface area contributed by atoms with Gasteiger partial charge in [0.05, 0.1) is 17.4 Å². The Balaban J connectivity index is 2.17. The first-order valence-corrected chi connectivity index (χ1v) is 7.38. The lowest BCUT2D eigenvalue weighted by Gasteiger charge is -2.09. The van der Waals surface area contributed by atoms with Crippen LogP contribution in [0.3, 0.4) is 0 Å². The van der Waals surface area contributed by atoms with Crippen LogP contribution < -0.4 is 5.56 Å². The lowest BCUT2D eigenvalue weighted by atomic mass is 10.2. The maximum Gasteiger partial charge on any atom is 0.262 e. The molecule has 0 atom stereocenters. The molecule has 6 heteroatoms. The molecule has 1 aromatic heterocycles. The minimum absolute atomic E-state index is 0.139. The lowest BCUT2D eigenvalue weighted by Crippen LogP contribution is -2.22. The molecule has 0 aliphatic heterocycles. The molecule has 3 rings (SSSR count). The van der Waals surface area contributed by atoms with Crippen LogP contribution in [0.2, 0.25) is 10.0 Å². The highest BCUT2D eigenvalue weighted by Gasteiger charge is 2.08. The number of hydrogen-bond donors (Lipinski definition) is 1. The van der Waals surface area contributed by atoms with Gasteiger partial charge in [0.15, 0.2) is 4.77 Å². The van der Waals surface area contributed by atoms with Gasteiger partial charge < -0.3 is 4.98 Å². The van der Waals surface area contributed by atoms with Crippen LogP contribution in [0.1, 0.15) is 5.56 Å². The van der Waals surface area contributed by atoms with Gasteiger partial charge in [0.1, 0.15) is 0 Å². The number of hydrogen-bond acceptors (Lipinski definition) is 2. The molecule has 0 unspecified atom stereocenters. The van der Waals surface area contributed by atoms with E-state index in [2.05, 4.69) is 4.98 Å². The van der Waals surface area contributed by atoms with Crippen molar-refractivity contribution in [2.75, 3.05) is 0 Å². The maximum atomic E-state index is 12.5. The molecule has 0 aliphatic rings. The second-order valence-corrected chi connectivity index (χ2v) is 5.83. The van der Waals surface area contributed by atoms with E-state index in [4.69, 9.17) is 35.4 Å². The molecule has 21 heavy (non-hydrogen) atoms. The molecule has 0 saturated carbocycles. The van der Waals surface area contributed by atoms with Crippen molar-refractivity contribution in [3.63, 3.8) is 0 Å². The summed E-state index contributed by atoms with van der Waals surface area (Å²) in [5, 5.41) is 1.66. The number of para-hydroxylation sites is 1. The van der Waals surface area contributed by atoms with E-state index in [1.807, 2.05) is 18.2 Å². The Hall–Kier alpha value is -1.62. The van der Waals surface area contributed by atoms with Crippen molar-refractivity contribution < 1.29 is 0 Å². The molecule has 0 aliphatic carbocycles. The summed E-state index contributed by atoms with van der Waals surface area (Å²) in [7, 11) is 0. The zero-order valence-corrected chi connectivity index (χ0v) is 13.1. The Bertz CT molecular complexity index is 946. The van der Waals surface area contributed by atoms with Crippen molar-refractivity contribution in [3.8, 4) is 0 Å². The summed E-state index contributed by atoms with van der Waals surface area (Å²) < 4.78 is 1.86. The van der Waals surface area contributed by atoms with E-state index in [-0.39, 0.29) is 5.56 Å². The maximum absolute atomic E-state index is 12.5. The summed E-state index contributed by atoms with van der Waals surface area (Å²) in [6, 6.07) is 12.4. The van der Waals surface area contributed by atoms with Crippen LogP contribution in [-0.2, 0) is 6.54 Å². The van der Waals surface area contributed by atoms with Crippen molar-refractivity contribution in [1.82, 2.24) is 9.55 Å². The first-order chi connectivity index (χ1) is 10.1. The van der Waals surface area contributed by atoms with E-state index >= 15 is 0 Å². The highest BCUT2D eigenvalue weighted by Crippen LogP contribution is 2.21. The van der Waals surface area contributed by atoms with Crippen LogP contribution >= 0.6 is 35.4 Å². The van der Waals surface area contributed by atoms with Gasteiger partial charge in [0.2, 0.25) is 0 Å². The average Bonchev–Trinajstić information content (AvgIpc) is 2.45. The topological polar surface area (TPSA) is 37.8 Å². The van der Waals surface area contributed by atoms with Crippen molar-refractivity contribution in [1.29, 1.82) is 0 Å². The summed E-state index contributed by atoms with van der Waals surface area (Å²) >= 11 is 17.3. The number of fused-ring (bicyclic) bond motifs is 1. The van der Waals surface area contributed by atoms with Crippen molar-refractivity contribution in [3.05, 3.63) is 73.2 Å². The third kappa shape index (κ3) is 2.75. The van der Waals surface area contributed by atoms with Gasteiger partial charge in [-0.05, 0) is 42.0 Å². The molecule has 3 aromatic rings. The van der Waals surface area contributed by atoms with Gasteiger partial charge >= 0.3 is 0 Å². The summed E-state index contributed by atoms with van der Waals surface area (Å²) in [6.45, 7) is 0.301. The fourth-order valence-electron chi connectivity index (χ4n) is 2.16. The van der Waals surface area contributed by atoms with E-state index in [1.54, 1.807) is 24.3 Å². The number of halogens is 2. The van der Waals surface area contributed by atoms with Gasteiger partial charge in [-0.2, -0.15) is 0 Å². The predicted molar refractivity (Wildman–Crippen MR) is 89.0 cm³/mol. The molecular formula is C15H10Cl2N2OS. The molecule has 106 valence electrons. The first kappa shape index (κ1) is 14.3. The van der Waals surface area contributed by atoms with Gasteiger partial charge in [0.25, 0.3) is 5.56 Å². The Morgan fingerprint density at radius 2 is 1.90 bits per heavy atom. The number of aromatic amines is 1. The predicted octanol–water partition coefficient (Wildman–Crippen LogP) is 4.41. The van der Waals surface area contributed by atoms with Crippen molar-refractivity contribution >= 4 is 46.3 Å². The van der Waals surface area contributed by atoms with E-state index in [0.717, 1.165) is 11.1 Å². The fourth-order valence-corrected chi connectivity index (χ4v) is 2.89. The van der Waals surface area contributed by atoms with E-state index in [0.29, 0.717) is 26.7 Å². The Labute approximate surface area is 135 Å². The summed E-state index contributed by atoms with van der Waals surface area (Å²) in [5.74, 6) is 0. The largest absolute Gasteiger partial charge is 0.332 e. The van der Waals surface area contributed by atoms with Crippen LogP contribution in [0, 0.1) is 4.77 Å². The summed E-state index contributed by atoms with van der Waals surface area (Å²) in [5.41, 5.74) is 1.38. The van der Waals surface area contributed by atoms with Crippen LogP contribution in [0.15, 0.2) is 47.3 Å². The molecule has 3 nitrogen and oxygen atoms in total. The zero-order valence-electron chi connectivity index (χ0n) is 10.8. The number of aromatic nitrogens is 2. The first-order valence-electron chi connectivity index (χ1n) is 6.22. The quantitative estimate of drug-likeness (QED) is 0.703. The molecule has 0 amide bonds. The van der Waals surface area contributed by atoms with Crippen LogP contribution in [0.25, 0.3) is 10.9 Å². The molecule has 1 heterocycles. The van der Waals surface area contributed by atoms with E-state index < -0.39 is 0 Å². The third-order valence-electron chi connectivity index (χ3n) is 3.23. The number of nitrogens with zero attached hydrogens (tertiary/aromatic N) is 1. The van der Waals surface area contributed by atoms with E-state index in [9.17, 15) is 4.79 Å². The van der Waals surface area contributed by atoms with Crippen LogP contribution in [-0.4, -0.2) is 9.55 Å². The van der Waals surface area contributed by atoms with Gasteiger partial charge in [-0.1, -0.05) is 41.4 Å². The molecule has 0 saturated heterocycles. The zero-order chi connectivity index (χ0) is 15.0. The Morgan fingerprint density at radius 3 is 2.67 bits per heavy atom. The minimum atomic E-state index is -0.139. The van der Waals surface area contributed by atoms with Gasteiger partial charge in [0, 0.05) is 10.0 Å². The fraction of sp³-hybridized carbons (Fsp3) is 0.0667. The highest BCUT2D eigenvalue weighted by atomic mass is 35.5. The Morgan fingerprint density at radius 1 is 1.14 bits per heavy atom. The SMILES string of the molecule is O=c1c2ccccc2[nH]c(=S)n1Cc1ccc(Cl)cc1Cl. The van der Waals surface area contributed by atoms with Crippen LogP contribution in [0.4, 0.5) is 0 Å². The number of rotatable bonds is 2. The smallest absolute Gasteiger partial charge is 0.262 e. The molecule has 2 aromatic carbocycles. The second kappa shape index (κ2) is 5.64. The third-order valence-corrected chi connectivity index (χ3v) is 4.14. The monoisotopic (exact) mass is 336 g/mol. The standard InChI is InChI=1S/C15H10Cl2N2OS/c16-10-6-5-9(12(17)7-10)8-19-14(20)11-3-1-2-4-13(11)18-15(19)21/h1-7H,8H2,(H,18,21). The second-order valence-electron chi connectivity index (χ2n) is 4.60. The molecule has 0 spiro atoms. The van der Waals surface area contributed by atoms with Crippen molar-refractivity contribution in [2.45, 2.75) is 6.54 Å². The highest BCUT2D eigenvalue weighted by molar-refractivity contribution is 7.71. The molecule has 1 N–H and O–H groups in total. The molecular weight excluding hydrogens is 327 g/mol. The van der Waals surface area contributed by atoms with Crippen LogP contribution in [0.5, 0.6) is 0 Å². The van der Waals surface area contributed by atoms with E-state index in [1.165, 1.54) is 4.57 Å². The number of H-pyrrole nitrogens is 1. The summed E-state index contributed by atoms with van der Waals surface area (Å²) in [6.07, 6.45) is 0. The average molecular weight is 337 g/mol. The number of benzene rings is 2. The van der Waals surface area contributed by atoms with Gasteiger partial charge in [-0.15, -0.1) is 0 Å². The van der Waals surface area contributed by atoms with Gasteiger partial charge in [-0.3, -0.25) is 9.36 Å². The van der Waals surface area contributed by atoms with Crippen molar-refractivity contribution in [2.24, 2.45) is 0 Å². The molecule has 0 bridgehead atoms. The normalized spacial score (nSPS) is 11.0. The number of nitrogens with one attached hydrogen (secondary N) is 1. The van der Waals surface area contributed by atoms with Gasteiger partial charge in [-0.25, -0.2) is 0 Å². The molecule has 0 fully saturated rings. The minimum Gasteiger partial charge on any atom is -0.332 e.